The lowest BCUT2D eigenvalue weighted by Crippen LogP contribution is -2.41. The molecule has 1 heterocycles. The van der Waals surface area contributed by atoms with E-state index in [0.29, 0.717) is 5.75 Å². The van der Waals surface area contributed by atoms with Crippen molar-refractivity contribution in [1.82, 2.24) is 0 Å². The summed E-state index contributed by atoms with van der Waals surface area (Å²) >= 11 is 0. The topological polar surface area (TPSA) is 38.7 Å². The highest BCUT2D eigenvalue weighted by atomic mass is 16.7. The van der Waals surface area contributed by atoms with Gasteiger partial charge >= 0.3 is 7.12 Å². The molecule has 1 saturated heterocycles. The first-order chi connectivity index (χ1) is 9.23. The van der Waals surface area contributed by atoms with Crippen LogP contribution in [0.15, 0.2) is 12.1 Å². The van der Waals surface area contributed by atoms with Crippen LogP contribution in [-0.2, 0) is 22.2 Å². The predicted octanol–water partition coefficient (Wildman–Crippen LogP) is 2.82. The van der Waals surface area contributed by atoms with Crippen LogP contribution in [0.3, 0.4) is 0 Å². The van der Waals surface area contributed by atoms with Crippen LogP contribution in [0.5, 0.6) is 5.75 Å². The first-order valence-electron chi connectivity index (χ1n) is 7.42. The van der Waals surface area contributed by atoms with E-state index in [1.165, 1.54) is 0 Å². The zero-order valence-electron chi connectivity index (χ0n) is 13.4. The van der Waals surface area contributed by atoms with E-state index in [1.807, 2.05) is 6.07 Å². The molecule has 0 unspecified atom stereocenters. The third-order valence-corrected chi connectivity index (χ3v) is 4.66. The Labute approximate surface area is 122 Å². The summed E-state index contributed by atoms with van der Waals surface area (Å²) in [5.41, 5.74) is 2.51. The van der Waals surface area contributed by atoms with Crippen molar-refractivity contribution in [3.8, 4) is 5.75 Å². The van der Waals surface area contributed by atoms with E-state index in [0.717, 1.165) is 29.4 Å². The summed E-state index contributed by atoms with van der Waals surface area (Å²) in [5, 5.41) is 10.0. The average molecular weight is 276 g/mol. The van der Waals surface area contributed by atoms with Gasteiger partial charge in [0.15, 0.2) is 0 Å². The Hall–Kier alpha value is -0.995. The molecule has 0 atom stereocenters. The van der Waals surface area contributed by atoms with Gasteiger partial charge in [-0.15, -0.1) is 0 Å². The lowest BCUT2D eigenvalue weighted by atomic mass is 9.73. The predicted molar refractivity (Wildman–Crippen MR) is 82.6 cm³/mol. The molecule has 1 aliphatic heterocycles. The van der Waals surface area contributed by atoms with Crippen molar-refractivity contribution in [3.63, 3.8) is 0 Å². The molecule has 0 radical (unpaired) electrons. The van der Waals surface area contributed by atoms with Gasteiger partial charge < -0.3 is 14.4 Å². The highest BCUT2D eigenvalue weighted by molar-refractivity contribution is 6.62. The molecule has 0 aromatic heterocycles. The molecule has 2 rings (SSSR count). The van der Waals surface area contributed by atoms with Crippen LogP contribution in [0.1, 0.15) is 52.7 Å². The normalized spacial score (nSPS) is 20.4. The first kappa shape index (κ1) is 15.4. The van der Waals surface area contributed by atoms with Gasteiger partial charge in [0.1, 0.15) is 5.75 Å². The maximum Gasteiger partial charge on any atom is 0.495 e. The Morgan fingerprint density at radius 2 is 1.45 bits per heavy atom. The Balaban J connectivity index is 2.45. The minimum Gasteiger partial charge on any atom is -0.508 e. The van der Waals surface area contributed by atoms with Crippen molar-refractivity contribution in [2.24, 2.45) is 0 Å². The molecule has 0 saturated carbocycles. The van der Waals surface area contributed by atoms with Crippen LogP contribution in [0, 0.1) is 0 Å². The molecule has 1 aliphatic rings. The summed E-state index contributed by atoms with van der Waals surface area (Å²) < 4.78 is 12.3. The van der Waals surface area contributed by atoms with Crippen molar-refractivity contribution in [2.45, 2.75) is 65.6 Å². The van der Waals surface area contributed by atoms with E-state index in [-0.39, 0.29) is 18.3 Å². The fourth-order valence-electron chi connectivity index (χ4n) is 2.70. The van der Waals surface area contributed by atoms with Gasteiger partial charge in [-0.05, 0) is 63.2 Å². The van der Waals surface area contributed by atoms with Crippen molar-refractivity contribution in [1.29, 1.82) is 0 Å². The second kappa shape index (κ2) is 5.08. The second-order valence-corrected chi connectivity index (χ2v) is 6.43. The number of hydrogen-bond acceptors (Lipinski definition) is 3. The molecule has 1 aromatic rings. The van der Waals surface area contributed by atoms with Gasteiger partial charge in [0, 0.05) is 0 Å². The molecule has 0 amide bonds. The van der Waals surface area contributed by atoms with E-state index in [4.69, 9.17) is 9.31 Å². The number of phenolic OH excluding ortho intramolecular Hbond substituents is 1. The van der Waals surface area contributed by atoms with E-state index in [1.54, 1.807) is 6.07 Å². The van der Waals surface area contributed by atoms with Crippen LogP contribution in [0.25, 0.3) is 0 Å². The van der Waals surface area contributed by atoms with Gasteiger partial charge in [-0.3, -0.25) is 0 Å². The maximum absolute atomic E-state index is 10.0. The fraction of sp³-hybridized carbons (Fsp3) is 0.625. The summed E-state index contributed by atoms with van der Waals surface area (Å²) in [6, 6.07) is 3.67. The summed E-state index contributed by atoms with van der Waals surface area (Å²) in [6.07, 6.45) is 1.67. The summed E-state index contributed by atoms with van der Waals surface area (Å²) in [6.45, 7) is 12.4. The number of rotatable bonds is 3. The second-order valence-electron chi connectivity index (χ2n) is 6.43. The van der Waals surface area contributed by atoms with E-state index >= 15 is 0 Å². The number of phenols is 1. The van der Waals surface area contributed by atoms with Crippen molar-refractivity contribution in [2.75, 3.05) is 0 Å². The molecule has 3 nitrogen and oxygen atoms in total. The highest BCUT2D eigenvalue weighted by Crippen LogP contribution is 2.37. The largest absolute Gasteiger partial charge is 0.508 e. The number of benzene rings is 1. The smallest absolute Gasteiger partial charge is 0.495 e. The van der Waals surface area contributed by atoms with Gasteiger partial charge in [-0.2, -0.15) is 0 Å². The molecule has 0 spiro atoms. The third-order valence-electron chi connectivity index (χ3n) is 4.66. The van der Waals surface area contributed by atoms with Crippen LogP contribution in [0.2, 0.25) is 0 Å². The highest BCUT2D eigenvalue weighted by Gasteiger charge is 2.52. The van der Waals surface area contributed by atoms with E-state index < -0.39 is 0 Å². The van der Waals surface area contributed by atoms with Gasteiger partial charge in [0.05, 0.1) is 11.2 Å². The number of hydrogen-bond donors (Lipinski definition) is 1. The van der Waals surface area contributed by atoms with Gasteiger partial charge in [-0.1, -0.05) is 19.9 Å². The SMILES string of the molecule is CCc1c(O)ccc(B2OC(C)(C)C(C)(C)O2)c1CC. The van der Waals surface area contributed by atoms with Crippen LogP contribution < -0.4 is 5.46 Å². The van der Waals surface area contributed by atoms with Gasteiger partial charge in [0.2, 0.25) is 0 Å². The summed E-state index contributed by atoms with van der Waals surface area (Å²) in [7, 11) is -0.360. The monoisotopic (exact) mass is 276 g/mol. The molecule has 0 bridgehead atoms. The Kier molecular flexibility index (Phi) is 3.91. The van der Waals surface area contributed by atoms with Gasteiger partial charge in [0.25, 0.3) is 0 Å². The van der Waals surface area contributed by atoms with Crippen molar-refractivity contribution in [3.05, 3.63) is 23.3 Å². The summed E-state index contributed by atoms with van der Waals surface area (Å²) in [4.78, 5) is 0. The molecule has 4 heteroatoms. The lowest BCUT2D eigenvalue weighted by Gasteiger charge is -2.32. The maximum atomic E-state index is 10.0. The molecule has 0 aliphatic carbocycles. The standard InChI is InChI=1S/C16H25BO3/c1-7-11-12(8-2)14(18)10-9-13(11)17-19-15(3,4)16(5,6)20-17/h9-10,18H,7-8H2,1-6H3. The molecule has 1 N–H and O–H groups in total. The average Bonchev–Trinajstić information content (AvgIpc) is 2.57. The van der Waals surface area contributed by atoms with Crippen molar-refractivity contribution < 1.29 is 14.4 Å². The molecule has 20 heavy (non-hydrogen) atoms. The molecule has 110 valence electrons. The van der Waals surface area contributed by atoms with Crippen LogP contribution >= 0.6 is 0 Å². The molecular formula is C16H25BO3. The molecular weight excluding hydrogens is 251 g/mol. The Morgan fingerprint density at radius 1 is 0.950 bits per heavy atom. The minimum absolute atomic E-state index is 0.340. The van der Waals surface area contributed by atoms with E-state index in [9.17, 15) is 5.11 Å². The quantitative estimate of drug-likeness (QED) is 0.863. The van der Waals surface area contributed by atoms with E-state index in [2.05, 4.69) is 41.5 Å². The summed E-state index contributed by atoms with van der Waals surface area (Å²) in [5.74, 6) is 0.365. The third kappa shape index (κ3) is 2.36. The lowest BCUT2D eigenvalue weighted by molar-refractivity contribution is 0.00578. The van der Waals surface area contributed by atoms with Crippen molar-refractivity contribution >= 4 is 12.6 Å². The minimum atomic E-state index is -0.360. The van der Waals surface area contributed by atoms with Crippen LogP contribution in [0.4, 0.5) is 0 Å². The fourth-order valence-corrected chi connectivity index (χ4v) is 2.70. The first-order valence-corrected chi connectivity index (χ1v) is 7.42. The molecule has 1 fully saturated rings. The Morgan fingerprint density at radius 3 is 1.90 bits per heavy atom. The zero-order valence-corrected chi connectivity index (χ0v) is 13.4. The zero-order chi connectivity index (χ0) is 15.1. The molecule has 1 aromatic carbocycles. The Bertz CT molecular complexity index is 493. The van der Waals surface area contributed by atoms with Gasteiger partial charge in [-0.25, -0.2) is 0 Å². The van der Waals surface area contributed by atoms with Crippen LogP contribution in [-0.4, -0.2) is 23.4 Å². The number of aromatic hydroxyl groups is 1.